The SMILES string of the molecule is CCCN1CCNC(CC(=O)O)C1=O. The van der Waals surface area contributed by atoms with Crippen molar-refractivity contribution in [1.29, 1.82) is 0 Å². The summed E-state index contributed by atoms with van der Waals surface area (Å²) in [5, 5.41) is 11.5. The fourth-order valence-corrected chi connectivity index (χ4v) is 1.62. The Kier molecular flexibility index (Phi) is 3.88. The summed E-state index contributed by atoms with van der Waals surface area (Å²) in [5.74, 6) is -1.02. The molecule has 0 aliphatic carbocycles. The highest BCUT2D eigenvalue weighted by atomic mass is 16.4. The van der Waals surface area contributed by atoms with Gasteiger partial charge in [0, 0.05) is 19.6 Å². The molecule has 1 aliphatic heterocycles. The Bertz CT molecular complexity index is 228. The second kappa shape index (κ2) is 4.95. The summed E-state index contributed by atoms with van der Waals surface area (Å²) in [4.78, 5) is 23.8. The molecule has 0 aromatic carbocycles. The Labute approximate surface area is 83.1 Å². The number of nitrogens with zero attached hydrogens (tertiary/aromatic N) is 1. The molecule has 0 aromatic heterocycles. The minimum atomic E-state index is -0.936. The monoisotopic (exact) mass is 200 g/mol. The van der Waals surface area contributed by atoms with E-state index < -0.39 is 12.0 Å². The molecule has 80 valence electrons. The lowest BCUT2D eigenvalue weighted by Gasteiger charge is -2.32. The largest absolute Gasteiger partial charge is 0.481 e. The molecule has 1 saturated heterocycles. The lowest BCUT2D eigenvalue weighted by Crippen LogP contribution is -2.55. The maximum Gasteiger partial charge on any atom is 0.305 e. The van der Waals surface area contributed by atoms with E-state index >= 15 is 0 Å². The maximum absolute atomic E-state index is 11.7. The van der Waals surface area contributed by atoms with E-state index in [1.54, 1.807) is 4.90 Å². The van der Waals surface area contributed by atoms with Gasteiger partial charge in [0.1, 0.15) is 0 Å². The summed E-state index contributed by atoms with van der Waals surface area (Å²) >= 11 is 0. The number of piperazine rings is 1. The second-order valence-electron chi connectivity index (χ2n) is 3.43. The fourth-order valence-electron chi connectivity index (χ4n) is 1.62. The van der Waals surface area contributed by atoms with Crippen molar-refractivity contribution in [2.75, 3.05) is 19.6 Å². The predicted octanol–water partition coefficient (Wildman–Crippen LogP) is -0.328. The number of hydrogen-bond donors (Lipinski definition) is 2. The van der Waals surface area contributed by atoms with Crippen LogP contribution in [0.15, 0.2) is 0 Å². The molecule has 0 bridgehead atoms. The van der Waals surface area contributed by atoms with Crippen molar-refractivity contribution in [3.63, 3.8) is 0 Å². The predicted molar refractivity (Wildman–Crippen MR) is 50.9 cm³/mol. The van der Waals surface area contributed by atoms with Crippen molar-refractivity contribution in [3.05, 3.63) is 0 Å². The first-order valence-electron chi connectivity index (χ1n) is 4.89. The summed E-state index contributed by atoms with van der Waals surface area (Å²) < 4.78 is 0. The molecule has 1 rings (SSSR count). The summed E-state index contributed by atoms with van der Waals surface area (Å²) in [5.41, 5.74) is 0. The molecule has 0 aromatic rings. The van der Waals surface area contributed by atoms with E-state index in [-0.39, 0.29) is 12.3 Å². The van der Waals surface area contributed by atoms with Crippen molar-refractivity contribution in [2.24, 2.45) is 0 Å². The van der Waals surface area contributed by atoms with Gasteiger partial charge < -0.3 is 15.3 Å². The highest BCUT2D eigenvalue weighted by molar-refractivity contribution is 5.86. The van der Waals surface area contributed by atoms with Crippen LogP contribution in [-0.2, 0) is 9.59 Å². The van der Waals surface area contributed by atoms with Gasteiger partial charge in [-0.1, -0.05) is 6.92 Å². The molecule has 1 amide bonds. The van der Waals surface area contributed by atoms with Gasteiger partial charge >= 0.3 is 5.97 Å². The van der Waals surface area contributed by atoms with Crippen LogP contribution in [0.1, 0.15) is 19.8 Å². The van der Waals surface area contributed by atoms with Gasteiger partial charge in [-0.25, -0.2) is 0 Å². The number of carbonyl (C=O) groups is 2. The first kappa shape index (κ1) is 11.0. The highest BCUT2D eigenvalue weighted by Crippen LogP contribution is 2.05. The standard InChI is InChI=1S/C9H16N2O3/c1-2-4-11-5-3-10-7(9(11)14)6-8(12)13/h7,10H,2-6H2,1H3,(H,12,13). The molecular weight excluding hydrogens is 184 g/mol. The van der Waals surface area contributed by atoms with Gasteiger partial charge in [-0.15, -0.1) is 0 Å². The zero-order valence-corrected chi connectivity index (χ0v) is 8.32. The lowest BCUT2D eigenvalue weighted by molar-refractivity contribution is -0.144. The Morgan fingerprint density at radius 3 is 3.00 bits per heavy atom. The molecule has 14 heavy (non-hydrogen) atoms. The van der Waals surface area contributed by atoms with E-state index in [0.717, 1.165) is 13.0 Å². The third-order valence-corrected chi connectivity index (χ3v) is 2.25. The van der Waals surface area contributed by atoms with Crippen molar-refractivity contribution in [3.8, 4) is 0 Å². The van der Waals surface area contributed by atoms with Crippen molar-refractivity contribution in [1.82, 2.24) is 10.2 Å². The van der Waals surface area contributed by atoms with E-state index in [9.17, 15) is 9.59 Å². The molecule has 0 saturated carbocycles. The number of carbonyl (C=O) groups excluding carboxylic acids is 1. The summed E-state index contributed by atoms with van der Waals surface area (Å²) in [6, 6.07) is -0.534. The first-order valence-corrected chi connectivity index (χ1v) is 4.89. The Hall–Kier alpha value is -1.10. The quantitative estimate of drug-likeness (QED) is 0.652. The number of carboxylic acids is 1. The van der Waals surface area contributed by atoms with Crippen LogP contribution >= 0.6 is 0 Å². The van der Waals surface area contributed by atoms with Gasteiger partial charge in [0.05, 0.1) is 12.5 Å². The van der Waals surface area contributed by atoms with Gasteiger partial charge in [-0.2, -0.15) is 0 Å². The average molecular weight is 200 g/mol. The third-order valence-electron chi connectivity index (χ3n) is 2.25. The first-order chi connectivity index (χ1) is 6.65. The zero-order valence-electron chi connectivity index (χ0n) is 8.32. The number of rotatable bonds is 4. The Balaban J connectivity index is 2.52. The molecule has 1 unspecified atom stereocenters. The minimum absolute atomic E-state index is 0.0829. The molecule has 0 spiro atoms. The highest BCUT2D eigenvalue weighted by Gasteiger charge is 2.29. The van der Waals surface area contributed by atoms with Crippen LogP contribution in [0.3, 0.4) is 0 Å². The topological polar surface area (TPSA) is 69.6 Å². The van der Waals surface area contributed by atoms with Crippen LogP contribution < -0.4 is 5.32 Å². The van der Waals surface area contributed by atoms with Crippen LogP contribution in [0.2, 0.25) is 0 Å². The number of nitrogens with one attached hydrogen (secondary N) is 1. The van der Waals surface area contributed by atoms with Gasteiger partial charge in [0.15, 0.2) is 0 Å². The summed E-state index contributed by atoms with van der Waals surface area (Å²) in [6.45, 7) is 4.09. The van der Waals surface area contributed by atoms with Gasteiger partial charge in [0.2, 0.25) is 5.91 Å². The molecular formula is C9H16N2O3. The molecule has 1 aliphatic rings. The van der Waals surface area contributed by atoms with Crippen LogP contribution in [0, 0.1) is 0 Å². The molecule has 2 N–H and O–H groups in total. The number of carboxylic acid groups (broad SMARTS) is 1. The zero-order chi connectivity index (χ0) is 10.6. The molecule has 1 heterocycles. The summed E-state index contributed by atoms with van der Waals surface area (Å²) in [6.07, 6.45) is 0.782. The Morgan fingerprint density at radius 1 is 1.71 bits per heavy atom. The minimum Gasteiger partial charge on any atom is -0.481 e. The fraction of sp³-hybridized carbons (Fsp3) is 0.778. The molecule has 0 radical (unpaired) electrons. The summed E-state index contributed by atoms with van der Waals surface area (Å²) in [7, 11) is 0. The molecule has 5 heteroatoms. The van der Waals surface area contributed by atoms with Crippen molar-refractivity contribution in [2.45, 2.75) is 25.8 Å². The van der Waals surface area contributed by atoms with Crippen LogP contribution in [0.4, 0.5) is 0 Å². The van der Waals surface area contributed by atoms with Crippen molar-refractivity contribution < 1.29 is 14.7 Å². The molecule has 1 atom stereocenters. The van der Waals surface area contributed by atoms with Crippen LogP contribution in [-0.4, -0.2) is 47.6 Å². The van der Waals surface area contributed by atoms with Gasteiger partial charge in [-0.05, 0) is 6.42 Å². The van der Waals surface area contributed by atoms with Crippen LogP contribution in [0.5, 0.6) is 0 Å². The molecule has 5 nitrogen and oxygen atoms in total. The number of hydrogen-bond acceptors (Lipinski definition) is 3. The number of amides is 1. The van der Waals surface area contributed by atoms with E-state index in [0.29, 0.717) is 13.1 Å². The van der Waals surface area contributed by atoms with E-state index in [2.05, 4.69) is 5.32 Å². The lowest BCUT2D eigenvalue weighted by atomic mass is 10.1. The van der Waals surface area contributed by atoms with E-state index in [1.165, 1.54) is 0 Å². The number of aliphatic carboxylic acids is 1. The van der Waals surface area contributed by atoms with E-state index in [4.69, 9.17) is 5.11 Å². The second-order valence-corrected chi connectivity index (χ2v) is 3.43. The smallest absolute Gasteiger partial charge is 0.305 e. The van der Waals surface area contributed by atoms with Crippen molar-refractivity contribution >= 4 is 11.9 Å². The average Bonchev–Trinajstić information content (AvgIpc) is 2.11. The van der Waals surface area contributed by atoms with E-state index in [1.807, 2.05) is 6.92 Å². The Morgan fingerprint density at radius 2 is 2.43 bits per heavy atom. The van der Waals surface area contributed by atoms with Gasteiger partial charge in [0.25, 0.3) is 0 Å². The van der Waals surface area contributed by atoms with Crippen LogP contribution in [0.25, 0.3) is 0 Å². The molecule has 1 fully saturated rings. The third kappa shape index (κ3) is 2.70. The van der Waals surface area contributed by atoms with Gasteiger partial charge in [-0.3, -0.25) is 9.59 Å². The maximum atomic E-state index is 11.7. The normalized spacial score (nSPS) is 22.5.